The number of pyridine rings is 1. The smallest absolute Gasteiger partial charge is 0.350 e. The first-order chi connectivity index (χ1) is 15.0. The summed E-state index contributed by atoms with van der Waals surface area (Å²) in [6, 6.07) is 5.62. The third-order valence-corrected chi connectivity index (χ3v) is 6.91. The summed E-state index contributed by atoms with van der Waals surface area (Å²) < 4.78 is 5.13. The van der Waals surface area contributed by atoms with E-state index < -0.39 is 5.97 Å². The van der Waals surface area contributed by atoms with Crippen LogP contribution in [0.3, 0.4) is 0 Å². The van der Waals surface area contributed by atoms with E-state index in [1.54, 1.807) is 24.9 Å². The first-order valence-corrected chi connectivity index (χ1v) is 11.9. The molecule has 9 heteroatoms. The molecule has 164 valence electrons. The zero-order chi connectivity index (χ0) is 22.4. The first kappa shape index (κ1) is 23.0. The van der Waals surface area contributed by atoms with Crippen molar-refractivity contribution in [1.29, 1.82) is 0 Å². The summed E-state index contributed by atoms with van der Waals surface area (Å²) in [5.74, 6) is -0.562. The lowest BCUT2D eigenvalue weighted by atomic mass is 10.2. The number of thiazole rings is 2. The van der Waals surface area contributed by atoms with Crippen LogP contribution >= 0.6 is 22.7 Å². The predicted molar refractivity (Wildman–Crippen MR) is 124 cm³/mol. The monoisotopic (exact) mass is 458 g/mol. The van der Waals surface area contributed by atoms with Gasteiger partial charge < -0.3 is 4.74 Å². The number of hydrogen-bond donors (Lipinski definition) is 0. The van der Waals surface area contributed by atoms with Gasteiger partial charge in [0.05, 0.1) is 23.7 Å². The number of esters is 1. The molecule has 0 N–H and O–H groups in total. The summed E-state index contributed by atoms with van der Waals surface area (Å²) in [4.78, 5) is 41.9. The minimum Gasteiger partial charge on any atom is -0.462 e. The van der Waals surface area contributed by atoms with Gasteiger partial charge in [0, 0.05) is 12.7 Å². The maximum atomic E-state index is 13.5. The minimum atomic E-state index is -0.406. The van der Waals surface area contributed by atoms with Crippen LogP contribution in [0.5, 0.6) is 0 Å². The first-order valence-electron chi connectivity index (χ1n) is 10.3. The van der Waals surface area contributed by atoms with E-state index in [0.717, 1.165) is 25.0 Å². The maximum Gasteiger partial charge on any atom is 0.350 e. The molecule has 1 amide bonds. The number of unbranched alkanes of at least 4 members (excludes halogenated alkanes) is 2. The van der Waals surface area contributed by atoms with E-state index in [-0.39, 0.29) is 5.91 Å². The second kappa shape index (κ2) is 10.6. The minimum absolute atomic E-state index is 0.155. The molecule has 0 unspecified atom stereocenters. The molecule has 0 spiro atoms. The van der Waals surface area contributed by atoms with Gasteiger partial charge in [-0.1, -0.05) is 37.2 Å². The highest BCUT2D eigenvalue weighted by Crippen LogP contribution is 2.32. The molecular formula is C22H26N4O3S2. The van der Waals surface area contributed by atoms with Crippen LogP contribution in [-0.2, 0) is 4.74 Å². The Kier molecular flexibility index (Phi) is 7.86. The number of rotatable bonds is 9. The quantitative estimate of drug-likeness (QED) is 0.320. The molecular weight excluding hydrogens is 432 g/mol. The van der Waals surface area contributed by atoms with Gasteiger partial charge in [-0.05, 0) is 39.3 Å². The van der Waals surface area contributed by atoms with Crippen molar-refractivity contribution < 1.29 is 14.3 Å². The van der Waals surface area contributed by atoms with E-state index in [1.807, 2.05) is 25.1 Å². The lowest BCUT2D eigenvalue weighted by Gasteiger charge is -2.19. The van der Waals surface area contributed by atoms with Crippen LogP contribution in [0.4, 0.5) is 5.13 Å². The second-order valence-corrected chi connectivity index (χ2v) is 8.92. The number of hydrogen-bond acceptors (Lipinski definition) is 8. The van der Waals surface area contributed by atoms with Crippen molar-refractivity contribution in [2.45, 2.75) is 47.0 Å². The van der Waals surface area contributed by atoms with Crippen molar-refractivity contribution in [3.8, 4) is 10.7 Å². The normalized spacial score (nSPS) is 10.8. The van der Waals surface area contributed by atoms with E-state index in [9.17, 15) is 9.59 Å². The van der Waals surface area contributed by atoms with Gasteiger partial charge in [0.2, 0.25) is 0 Å². The average Bonchev–Trinajstić information content (AvgIpc) is 3.34. The number of aromatic nitrogens is 3. The third-order valence-electron chi connectivity index (χ3n) is 4.58. The standard InChI is InChI=1S/C22H26N4O3S2/c1-5-7-10-13-26(22-25-15(4)18(31-22)21(28)29-6-2)20(27)17-14(3)24-19(30-17)16-11-8-9-12-23-16/h8-9,11-12H,5-7,10,13H2,1-4H3. The molecule has 7 nitrogen and oxygen atoms in total. The highest BCUT2D eigenvalue weighted by Gasteiger charge is 2.27. The zero-order valence-electron chi connectivity index (χ0n) is 18.2. The molecule has 3 heterocycles. The van der Waals surface area contributed by atoms with Crippen LogP contribution in [0, 0.1) is 13.8 Å². The van der Waals surface area contributed by atoms with Crippen LogP contribution < -0.4 is 4.90 Å². The van der Waals surface area contributed by atoms with Crippen molar-refractivity contribution >= 4 is 39.7 Å². The number of amides is 1. The summed E-state index contributed by atoms with van der Waals surface area (Å²) in [5.41, 5.74) is 1.97. The van der Waals surface area contributed by atoms with E-state index in [0.29, 0.717) is 44.4 Å². The van der Waals surface area contributed by atoms with Gasteiger partial charge in [-0.15, -0.1) is 11.3 Å². The predicted octanol–water partition coefficient (Wildman–Crippen LogP) is 5.29. The van der Waals surface area contributed by atoms with Crippen molar-refractivity contribution in [3.05, 3.63) is 45.5 Å². The van der Waals surface area contributed by atoms with Gasteiger partial charge in [0.25, 0.3) is 5.91 Å². The van der Waals surface area contributed by atoms with E-state index >= 15 is 0 Å². The Morgan fingerprint density at radius 2 is 1.81 bits per heavy atom. The van der Waals surface area contributed by atoms with Crippen molar-refractivity contribution in [3.63, 3.8) is 0 Å². The highest BCUT2D eigenvalue weighted by molar-refractivity contribution is 7.18. The summed E-state index contributed by atoms with van der Waals surface area (Å²) in [5, 5.41) is 1.21. The van der Waals surface area contributed by atoms with E-state index in [2.05, 4.69) is 21.9 Å². The Bertz CT molecular complexity index is 1050. The van der Waals surface area contributed by atoms with Gasteiger partial charge in [0.15, 0.2) is 5.13 Å². The van der Waals surface area contributed by atoms with Crippen molar-refractivity contribution in [1.82, 2.24) is 15.0 Å². The van der Waals surface area contributed by atoms with Gasteiger partial charge >= 0.3 is 5.97 Å². The molecule has 0 aliphatic carbocycles. The molecule has 3 aromatic rings. The van der Waals surface area contributed by atoms with Crippen molar-refractivity contribution in [2.75, 3.05) is 18.1 Å². The molecule has 3 aromatic heterocycles. The third kappa shape index (κ3) is 5.34. The average molecular weight is 459 g/mol. The Labute approximate surface area is 190 Å². The van der Waals surface area contributed by atoms with Crippen LogP contribution in [0.1, 0.15) is 63.8 Å². The Hall–Kier alpha value is -2.65. The summed E-state index contributed by atoms with van der Waals surface area (Å²) in [7, 11) is 0. The van der Waals surface area contributed by atoms with Crippen LogP contribution in [0.2, 0.25) is 0 Å². The Morgan fingerprint density at radius 1 is 1.03 bits per heavy atom. The van der Waals surface area contributed by atoms with Gasteiger partial charge in [-0.3, -0.25) is 14.7 Å². The molecule has 0 radical (unpaired) electrons. The lowest BCUT2D eigenvalue weighted by molar-refractivity contribution is 0.0531. The molecule has 0 saturated carbocycles. The molecule has 0 fully saturated rings. The fourth-order valence-corrected chi connectivity index (χ4v) is 4.98. The fraction of sp³-hybridized carbons (Fsp3) is 0.409. The lowest BCUT2D eigenvalue weighted by Crippen LogP contribution is -2.31. The second-order valence-electron chi connectivity index (χ2n) is 6.94. The van der Waals surface area contributed by atoms with Gasteiger partial charge in [-0.25, -0.2) is 14.8 Å². The highest BCUT2D eigenvalue weighted by atomic mass is 32.1. The molecule has 0 bridgehead atoms. The number of nitrogens with zero attached hydrogens (tertiary/aromatic N) is 4. The van der Waals surface area contributed by atoms with Crippen molar-refractivity contribution in [2.24, 2.45) is 0 Å². The molecule has 3 rings (SSSR count). The number of anilines is 1. The van der Waals surface area contributed by atoms with E-state index in [1.165, 1.54) is 22.7 Å². The van der Waals surface area contributed by atoms with Gasteiger partial charge in [0.1, 0.15) is 14.8 Å². The molecule has 0 aliphatic rings. The van der Waals surface area contributed by atoms with Gasteiger partial charge in [-0.2, -0.15) is 0 Å². The molecule has 0 atom stereocenters. The molecule has 0 aliphatic heterocycles. The number of aryl methyl sites for hydroxylation is 2. The topological polar surface area (TPSA) is 85.3 Å². The Balaban J connectivity index is 1.94. The Morgan fingerprint density at radius 3 is 2.48 bits per heavy atom. The summed E-state index contributed by atoms with van der Waals surface area (Å²) in [6.45, 7) is 8.29. The largest absolute Gasteiger partial charge is 0.462 e. The maximum absolute atomic E-state index is 13.5. The number of carbonyl (C=O) groups excluding carboxylic acids is 2. The summed E-state index contributed by atoms with van der Waals surface area (Å²) in [6.07, 6.45) is 4.59. The number of ether oxygens (including phenoxy) is 1. The molecule has 0 aromatic carbocycles. The fourth-order valence-electron chi connectivity index (χ4n) is 3.00. The number of carbonyl (C=O) groups is 2. The zero-order valence-corrected chi connectivity index (χ0v) is 19.8. The molecule has 31 heavy (non-hydrogen) atoms. The SMILES string of the molecule is CCCCCN(C(=O)c1sc(-c2ccccn2)nc1C)c1nc(C)c(C(=O)OCC)s1. The van der Waals surface area contributed by atoms with Crippen LogP contribution in [0.25, 0.3) is 10.7 Å². The summed E-state index contributed by atoms with van der Waals surface area (Å²) >= 11 is 2.53. The van der Waals surface area contributed by atoms with E-state index in [4.69, 9.17) is 4.74 Å². The van der Waals surface area contributed by atoms with Crippen LogP contribution in [0.15, 0.2) is 24.4 Å². The molecule has 0 saturated heterocycles. The van der Waals surface area contributed by atoms with Crippen LogP contribution in [-0.4, -0.2) is 40.0 Å².